The lowest BCUT2D eigenvalue weighted by Gasteiger charge is -2.09. The summed E-state index contributed by atoms with van der Waals surface area (Å²) in [5.41, 5.74) is 0. The first-order valence-electron chi connectivity index (χ1n) is 6.57. The molecule has 0 spiro atoms. The van der Waals surface area contributed by atoms with E-state index in [1.54, 1.807) is 19.1 Å². The van der Waals surface area contributed by atoms with Crippen LogP contribution in [0.4, 0.5) is 0 Å². The normalized spacial score (nSPS) is 13.2. The zero-order chi connectivity index (χ0) is 15.0. The Morgan fingerprint density at radius 1 is 1.25 bits per heavy atom. The molecule has 0 aliphatic heterocycles. The summed E-state index contributed by atoms with van der Waals surface area (Å²) in [7, 11) is -3.50. The third kappa shape index (κ3) is 5.87. The molecule has 1 atom stereocenters. The SMILES string of the molecule is CCOc1ccc(S(=O)(=O)NCCNCC(C)O)cc1. The Morgan fingerprint density at radius 2 is 1.90 bits per heavy atom. The molecule has 3 N–H and O–H groups in total. The molecule has 6 nitrogen and oxygen atoms in total. The van der Waals surface area contributed by atoms with Crippen LogP contribution in [0.3, 0.4) is 0 Å². The Hall–Kier alpha value is -1.15. The fraction of sp³-hybridized carbons (Fsp3) is 0.538. The minimum absolute atomic E-state index is 0.205. The monoisotopic (exact) mass is 302 g/mol. The number of nitrogens with one attached hydrogen (secondary N) is 2. The van der Waals surface area contributed by atoms with Crippen LogP contribution in [0.1, 0.15) is 13.8 Å². The summed E-state index contributed by atoms with van der Waals surface area (Å²) in [6, 6.07) is 6.28. The smallest absolute Gasteiger partial charge is 0.240 e. The van der Waals surface area contributed by atoms with Crippen LogP contribution in [0, 0.1) is 0 Å². The van der Waals surface area contributed by atoms with Crippen molar-refractivity contribution in [2.24, 2.45) is 0 Å². The Kier molecular flexibility index (Phi) is 6.94. The summed E-state index contributed by atoms with van der Waals surface area (Å²) in [5.74, 6) is 0.644. The van der Waals surface area contributed by atoms with Gasteiger partial charge in [-0.15, -0.1) is 0 Å². The van der Waals surface area contributed by atoms with Crippen molar-refractivity contribution in [1.29, 1.82) is 0 Å². The Bertz CT molecular complexity index is 486. The van der Waals surface area contributed by atoms with Gasteiger partial charge in [0.25, 0.3) is 0 Å². The molecule has 0 aliphatic rings. The summed E-state index contributed by atoms with van der Waals surface area (Å²) in [6.07, 6.45) is -0.447. The van der Waals surface area contributed by atoms with Crippen LogP contribution < -0.4 is 14.8 Å². The molecule has 20 heavy (non-hydrogen) atoms. The van der Waals surface area contributed by atoms with Gasteiger partial charge in [-0.1, -0.05) is 0 Å². The van der Waals surface area contributed by atoms with Gasteiger partial charge in [-0.05, 0) is 38.1 Å². The van der Waals surface area contributed by atoms with Crippen molar-refractivity contribution in [3.63, 3.8) is 0 Å². The Balaban J connectivity index is 2.47. The zero-order valence-corrected chi connectivity index (χ0v) is 12.6. The Labute approximate surface area is 120 Å². The molecule has 0 saturated heterocycles. The topological polar surface area (TPSA) is 87.7 Å². The minimum Gasteiger partial charge on any atom is -0.494 e. The summed E-state index contributed by atoms with van der Waals surface area (Å²) < 4.78 is 31.7. The highest BCUT2D eigenvalue weighted by Gasteiger charge is 2.12. The minimum atomic E-state index is -3.50. The predicted octanol–water partition coefficient (Wildman–Crippen LogP) is 0.334. The van der Waals surface area contributed by atoms with E-state index >= 15 is 0 Å². The first kappa shape index (κ1) is 16.9. The lowest BCUT2D eigenvalue weighted by atomic mass is 10.3. The number of rotatable bonds is 9. The number of benzene rings is 1. The third-order valence-electron chi connectivity index (χ3n) is 2.48. The van der Waals surface area contributed by atoms with Crippen molar-refractivity contribution >= 4 is 10.0 Å². The van der Waals surface area contributed by atoms with E-state index in [2.05, 4.69) is 10.0 Å². The molecular formula is C13H22N2O4S. The highest BCUT2D eigenvalue weighted by molar-refractivity contribution is 7.89. The summed E-state index contributed by atoms with van der Waals surface area (Å²) in [5, 5.41) is 12.0. The van der Waals surface area contributed by atoms with Crippen LogP contribution in [-0.4, -0.2) is 45.9 Å². The molecule has 0 aliphatic carbocycles. The maximum absolute atomic E-state index is 12.0. The molecule has 0 saturated carbocycles. The molecule has 0 radical (unpaired) electrons. The third-order valence-corrected chi connectivity index (χ3v) is 3.96. The van der Waals surface area contributed by atoms with Gasteiger partial charge in [0.1, 0.15) is 5.75 Å². The van der Waals surface area contributed by atoms with Crippen LogP contribution in [0.2, 0.25) is 0 Å². The fourth-order valence-corrected chi connectivity index (χ4v) is 2.58. The van der Waals surface area contributed by atoms with E-state index in [0.29, 0.717) is 25.4 Å². The molecule has 1 aromatic carbocycles. The van der Waals surface area contributed by atoms with E-state index in [1.807, 2.05) is 6.92 Å². The van der Waals surface area contributed by atoms with Crippen molar-refractivity contribution in [3.05, 3.63) is 24.3 Å². The van der Waals surface area contributed by atoms with Crippen molar-refractivity contribution in [3.8, 4) is 5.75 Å². The van der Waals surface area contributed by atoms with E-state index in [-0.39, 0.29) is 11.4 Å². The molecule has 1 rings (SSSR count). The maximum Gasteiger partial charge on any atom is 0.240 e. The molecule has 7 heteroatoms. The van der Waals surface area contributed by atoms with E-state index in [4.69, 9.17) is 9.84 Å². The van der Waals surface area contributed by atoms with Crippen LogP contribution in [0.5, 0.6) is 5.75 Å². The largest absolute Gasteiger partial charge is 0.494 e. The molecular weight excluding hydrogens is 280 g/mol. The Morgan fingerprint density at radius 3 is 2.45 bits per heavy atom. The van der Waals surface area contributed by atoms with Gasteiger partial charge in [-0.2, -0.15) is 0 Å². The van der Waals surface area contributed by atoms with E-state index in [0.717, 1.165) is 0 Å². The number of sulfonamides is 1. The first-order valence-corrected chi connectivity index (χ1v) is 8.05. The van der Waals surface area contributed by atoms with Gasteiger partial charge in [-0.3, -0.25) is 0 Å². The second-order valence-electron chi connectivity index (χ2n) is 4.36. The van der Waals surface area contributed by atoms with Crippen molar-refractivity contribution in [2.75, 3.05) is 26.2 Å². The average Bonchev–Trinajstić information content (AvgIpc) is 2.39. The standard InChI is InChI=1S/C13H22N2O4S/c1-3-19-12-4-6-13(7-5-12)20(17,18)15-9-8-14-10-11(2)16/h4-7,11,14-16H,3,8-10H2,1-2H3. The molecule has 0 aromatic heterocycles. The lowest BCUT2D eigenvalue weighted by molar-refractivity contribution is 0.192. The van der Waals surface area contributed by atoms with E-state index < -0.39 is 16.1 Å². The maximum atomic E-state index is 12.0. The van der Waals surface area contributed by atoms with Crippen LogP contribution >= 0.6 is 0 Å². The average molecular weight is 302 g/mol. The van der Waals surface area contributed by atoms with Gasteiger partial charge in [0, 0.05) is 19.6 Å². The molecule has 0 bridgehead atoms. The quantitative estimate of drug-likeness (QED) is 0.572. The number of hydrogen-bond donors (Lipinski definition) is 3. The van der Waals surface area contributed by atoms with Gasteiger partial charge in [0.2, 0.25) is 10.0 Å². The van der Waals surface area contributed by atoms with E-state index in [1.165, 1.54) is 12.1 Å². The molecule has 0 fully saturated rings. The molecule has 1 aromatic rings. The van der Waals surface area contributed by atoms with Crippen LogP contribution in [-0.2, 0) is 10.0 Å². The van der Waals surface area contributed by atoms with Crippen LogP contribution in [0.25, 0.3) is 0 Å². The summed E-state index contributed by atoms with van der Waals surface area (Å²) in [6.45, 7) is 5.23. The number of aliphatic hydroxyl groups is 1. The first-order chi connectivity index (χ1) is 9.45. The fourth-order valence-electron chi connectivity index (χ4n) is 1.55. The molecule has 114 valence electrons. The van der Waals surface area contributed by atoms with E-state index in [9.17, 15) is 8.42 Å². The number of hydrogen-bond acceptors (Lipinski definition) is 5. The number of ether oxygens (including phenoxy) is 1. The zero-order valence-electron chi connectivity index (χ0n) is 11.8. The molecule has 0 amide bonds. The summed E-state index contributed by atoms with van der Waals surface area (Å²) in [4.78, 5) is 0.205. The number of aliphatic hydroxyl groups excluding tert-OH is 1. The van der Waals surface area contributed by atoms with Crippen molar-refractivity contribution < 1.29 is 18.3 Å². The molecule has 1 unspecified atom stereocenters. The molecule has 0 heterocycles. The van der Waals surface area contributed by atoms with Crippen molar-refractivity contribution in [1.82, 2.24) is 10.0 Å². The summed E-state index contributed by atoms with van der Waals surface area (Å²) >= 11 is 0. The lowest BCUT2D eigenvalue weighted by Crippen LogP contribution is -2.34. The predicted molar refractivity (Wildman–Crippen MR) is 77.4 cm³/mol. The highest BCUT2D eigenvalue weighted by atomic mass is 32.2. The van der Waals surface area contributed by atoms with Gasteiger partial charge in [0.05, 0.1) is 17.6 Å². The van der Waals surface area contributed by atoms with Crippen LogP contribution in [0.15, 0.2) is 29.2 Å². The van der Waals surface area contributed by atoms with Gasteiger partial charge in [0.15, 0.2) is 0 Å². The van der Waals surface area contributed by atoms with Gasteiger partial charge in [-0.25, -0.2) is 13.1 Å². The van der Waals surface area contributed by atoms with Gasteiger partial charge >= 0.3 is 0 Å². The highest BCUT2D eigenvalue weighted by Crippen LogP contribution is 2.15. The van der Waals surface area contributed by atoms with Gasteiger partial charge < -0.3 is 15.2 Å². The van der Waals surface area contributed by atoms with Crippen molar-refractivity contribution in [2.45, 2.75) is 24.8 Å². The second-order valence-corrected chi connectivity index (χ2v) is 6.12. The second kappa shape index (κ2) is 8.21.